The van der Waals surface area contributed by atoms with Crippen LogP contribution in [-0.4, -0.2) is 82.3 Å². The summed E-state index contributed by atoms with van der Waals surface area (Å²) in [5, 5.41) is 11.8. The third-order valence-electron chi connectivity index (χ3n) is 14.8. The number of rotatable bonds is 63. The fraction of sp³-hybridized carbons (Fsp3) is 0.743. The molecule has 0 spiro atoms. The molecular weight excluding hydrogens is 1030 g/mol. The summed E-state index contributed by atoms with van der Waals surface area (Å²) in [6.45, 7) is 4.66. The topological polar surface area (TPSA) is 111 Å². The van der Waals surface area contributed by atoms with Crippen molar-refractivity contribution in [2.24, 2.45) is 0 Å². The van der Waals surface area contributed by atoms with Crippen molar-refractivity contribution in [1.29, 1.82) is 0 Å². The number of likely N-dealkylation sites (N-methyl/N-ethyl adjacent to an activating group) is 1. The number of hydrogen-bond acceptors (Lipinski definition) is 8. The lowest BCUT2D eigenvalue weighted by Gasteiger charge is -2.26. The summed E-state index contributed by atoms with van der Waals surface area (Å²) >= 11 is 0. The fourth-order valence-electron chi connectivity index (χ4n) is 9.57. The molecule has 0 heterocycles. The summed E-state index contributed by atoms with van der Waals surface area (Å²) in [4.78, 5) is 37.5. The average molecular weight is 1160 g/mol. The van der Waals surface area contributed by atoms with Gasteiger partial charge in [0.1, 0.15) is 13.2 Å². The Bertz CT molecular complexity index is 1680. The highest BCUT2D eigenvalue weighted by atomic mass is 16.7. The molecule has 0 saturated heterocycles. The van der Waals surface area contributed by atoms with Gasteiger partial charge in [0.15, 0.2) is 12.4 Å². The number of aliphatic carboxylic acids is 1. The van der Waals surface area contributed by atoms with E-state index in [2.05, 4.69) is 111 Å². The van der Waals surface area contributed by atoms with E-state index in [1.54, 1.807) is 0 Å². The van der Waals surface area contributed by atoms with Crippen molar-refractivity contribution in [3.8, 4) is 0 Å². The number of carbonyl (C=O) groups is 3. The predicted molar refractivity (Wildman–Crippen MR) is 352 cm³/mol. The Morgan fingerprint density at radius 2 is 0.687 bits per heavy atom. The molecule has 0 amide bonds. The summed E-state index contributed by atoms with van der Waals surface area (Å²) in [5.41, 5.74) is 0. The Balaban J connectivity index is 4.15. The molecule has 0 aromatic carbocycles. The van der Waals surface area contributed by atoms with E-state index >= 15 is 0 Å². The fourth-order valence-corrected chi connectivity index (χ4v) is 9.57. The second kappa shape index (κ2) is 64.2. The SMILES string of the molecule is CC/C=C\C/C=C\C/C=C\C/C=C\C/C=C\C/C=C\C/C=C\CCCCCCCCCCCCCC(=O)OC(COC(=O)CCCCCCCCCCCCCCC/C=C\CCCCCCCCCC)COC(OCC[N+](C)(C)C)C(=O)[O-]. The van der Waals surface area contributed by atoms with E-state index in [0.29, 0.717) is 17.4 Å². The molecular formula is C74H129NO8. The van der Waals surface area contributed by atoms with Crippen molar-refractivity contribution < 1.29 is 42.9 Å². The lowest BCUT2D eigenvalue weighted by atomic mass is 10.0. The Kier molecular flexibility index (Phi) is 61.3. The summed E-state index contributed by atoms with van der Waals surface area (Å²) in [6.07, 6.45) is 84.8. The number of esters is 2. The maximum absolute atomic E-state index is 12.9. The molecule has 0 N–H and O–H groups in total. The van der Waals surface area contributed by atoms with Crippen LogP contribution in [0.5, 0.6) is 0 Å². The molecule has 0 rings (SSSR count). The molecule has 0 fully saturated rings. The van der Waals surface area contributed by atoms with Gasteiger partial charge in [0.25, 0.3) is 0 Å². The van der Waals surface area contributed by atoms with Gasteiger partial charge in [0, 0.05) is 12.8 Å². The zero-order valence-corrected chi connectivity index (χ0v) is 54.5. The van der Waals surface area contributed by atoms with Crippen molar-refractivity contribution in [1.82, 2.24) is 0 Å². The largest absolute Gasteiger partial charge is 0.545 e. The molecule has 478 valence electrons. The molecule has 0 bridgehead atoms. The summed E-state index contributed by atoms with van der Waals surface area (Å²) in [7, 11) is 5.93. The second-order valence-corrected chi connectivity index (χ2v) is 24.1. The molecule has 0 saturated carbocycles. The van der Waals surface area contributed by atoms with Crippen LogP contribution < -0.4 is 5.11 Å². The average Bonchev–Trinajstić information content (AvgIpc) is 3.46. The van der Waals surface area contributed by atoms with Gasteiger partial charge in [-0.3, -0.25) is 9.59 Å². The van der Waals surface area contributed by atoms with E-state index in [9.17, 15) is 19.5 Å². The zero-order valence-electron chi connectivity index (χ0n) is 54.5. The Morgan fingerprint density at radius 1 is 0.373 bits per heavy atom. The quantitative estimate of drug-likeness (QED) is 0.0195. The highest BCUT2D eigenvalue weighted by Gasteiger charge is 2.22. The van der Waals surface area contributed by atoms with Crippen molar-refractivity contribution in [2.45, 2.75) is 309 Å². The lowest BCUT2D eigenvalue weighted by Crippen LogP contribution is -2.44. The summed E-state index contributed by atoms with van der Waals surface area (Å²) in [5.74, 6) is -2.28. The monoisotopic (exact) mass is 1160 g/mol. The van der Waals surface area contributed by atoms with E-state index in [1.807, 2.05) is 21.1 Å². The van der Waals surface area contributed by atoms with Gasteiger partial charge in [-0.05, 0) is 96.3 Å². The number of carboxylic acids is 1. The van der Waals surface area contributed by atoms with Gasteiger partial charge in [-0.1, -0.05) is 284 Å². The molecule has 2 atom stereocenters. The van der Waals surface area contributed by atoms with Gasteiger partial charge in [-0.15, -0.1) is 0 Å². The van der Waals surface area contributed by atoms with Gasteiger partial charge in [-0.2, -0.15) is 0 Å². The van der Waals surface area contributed by atoms with Crippen molar-refractivity contribution in [3.05, 3.63) is 97.2 Å². The molecule has 0 aromatic heterocycles. The highest BCUT2D eigenvalue weighted by molar-refractivity contribution is 5.70. The molecule has 0 radical (unpaired) electrons. The number of allylic oxidation sites excluding steroid dienone is 16. The number of hydrogen-bond donors (Lipinski definition) is 0. The maximum atomic E-state index is 12.9. The van der Waals surface area contributed by atoms with Gasteiger partial charge in [-0.25, -0.2) is 0 Å². The first-order valence-corrected chi connectivity index (χ1v) is 34.4. The third-order valence-corrected chi connectivity index (χ3v) is 14.8. The van der Waals surface area contributed by atoms with Gasteiger partial charge in [0.2, 0.25) is 0 Å². The molecule has 0 aliphatic heterocycles. The first-order chi connectivity index (χ1) is 40.6. The van der Waals surface area contributed by atoms with E-state index in [4.69, 9.17) is 18.9 Å². The van der Waals surface area contributed by atoms with Crippen LogP contribution >= 0.6 is 0 Å². The van der Waals surface area contributed by atoms with Crippen LogP contribution in [0.2, 0.25) is 0 Å². The van der Waals surface area contributed by atoms with Crippen LogP contribution in [0.25, 0.3) is 0 Å². The number of ether oxygens (including phenoxy) is 4. The van der Waals surface area contributed by atoms with Crippen molar-refractivity contribution in [2.75, 3.05) is 47.5 Å². The first kappa shape index (κ1) is 79.2. The van der Waals surface area contributed by atoms with Gasteiger partial charge in [0.05, 0.1) is 40.3 Å². The lowest BCUT2D eigenvalue weighted by molar-refractivity contribution is -0.870. The molecule has 9 heteroatoms. The maximum Gasteiger partial charge on any atom is 0.306 e. The van der Waals surface area contributed by atoms with Crippen LogP contribution in [0, 0.1) is 0 Å². The van der Waals surface area contributed by atoms with E-state index < -0.39 is 24.3 Å². The number of quaternary nitrogens is 1. The van der Waals surface area contributed by atoms with Crippen LogP contribution in [0.15, 0.2) is 97.2 Å². The molecule has 0 aliphatic rings. The third kappa shape index (κ3) is 65.6. The Hall–Kier alpha value is -3.79. The van der Waals surface area contributed by atoms with E-state index in [-0.39, 0.29) is 38.6 Å². The predicted octanol–water partition coefficient (Wildman–Crippen LogP) is 19.9. The Labute approximate surface area is 512 Å². The van der Waals surface area contributed by atoms with Crippen LogP contribution in [0.1, 0.15) is 296 Å². The summed E-state index contributed by atoms with van der Waals surface area (Å²) < 4.78 is 22.8. The standard InChI is InChI=1S/C74H129NO8/c1-6-8-10-12-14-16-18-20-22-24-26-28-30-32-33-34-35-36-37-38-39-41-43-45-47-49-51-53-55-57-59-61-63-65-72(77)83-70(69-82-74(73(78)79)80-67-66-75(3,4)5)68-81-71(76)64-62-60-58-56-54-52-50-48-46-44-42-40-31-29-27-25-23-21-19-17-15-13-11-9-7-2/h8,10,14,16,20,22,25-28,32-33,35-36,38-39,70,74H,6-7,9,11-13,15,17-19,21,23-24,29-31,34,37,40-69H2,1-5H3/b10-8-,16-14-,22-20-,27-25-,28-26-,33-32-,36-35-,39-38-. The van der Waals surface area contributed by atoms with Gasteiger partial charge >= 0.3 is 11.9 Å². The number of nitrogens with zero attached hydrogens (tertiary/aromatic N) is 1. The number of carbonyl (C=O) groups excluding carboxylic acids is 3. The zero-order chi connectivity index (χ0) is 60.5. The van der Waals surface area contributed by atoms with Crippen LogP contribution in [0.4, 0.5) is 0 Å². The minimum atomic E-state index is -1.63. The molecule has 0 aliphatic carbocycles. The number of unbranched alkanes of at least 4 members (excludes halogenated alkanes) is 32. The van der Waals surface area contributed by atoms with E-state index in [1.165, 1.54) is 173 Å². The second-order valence-electron chi connectivity index (χ2n) is 24.1. The molecule has 83 heavy (non-hydrogen) atoms. The normalized spacial score (nSPS) is 13.3. The molecule has 0 aromatic rings. The Morgan fingerprint density at radius 3 is 1.04 bits per heavy atom. The highest BCUT2D eigenvalue weighted by Crippen LogP contribution is 2.17. The minimum absolute atomic E-state index is 0.144. The van der Waals surface area contributed by atoms with Crippen LogP contribution in [-0.2, 0) is 33.3 Å². The number of carboxylic acid groups (broad SMARTS) is 1. The smallest absolute Gasteiger partial charge is 0.306 e. The van der Waals surface area contributed by atoms with Gasteiger partial charge < -0.3 is 33.3 Å². The minimum Gasteiger partial charge on any atom is -0.545 e. The van der Waals surface area contributed by atoms with Crippen LogP contribution in [0.3, 0.4) is 0 Å². The molecule has 9 nitrogen and oxygen atoms in total. The van der Waals surface area contributed by atoms with E-state index in [0.717, 1.165) is 89.9 Å². The first-order valence-electron chi connectivity index (χ1n) is 34.4. The van der Waals surface area contributed by atoms with Crippen molar-refractivity contribution >= 4 is 17.9 Å². The molecule has 2 unspecified atom stereocenters. The summed E-state index contributed by atoms with van der Waals surface area (Å²) in [6, 6.07) is 0. The van der Waals surface area contributed by atoms with Crippen molar-refractivity contribution in [3.63, 3.8) is 0 Å².